The minimum atomic E-state index is -0.815. The molecular weight excluding hydrogens is 438 g/mol. The van der Waals surface area contributed by atoms with Crippen LogP contribution in [0.5, 0.6) is 17.2 Å². The van der Waals surface area contributed by atoms with E-state index in [4.69, 9.17) is 14.2 Å². The van der Waals surface area contributed by atoms with Gasteiger partial charge in [-0.15, -0.1) is 0 Å². The molecule has 0 saturated heterocycles. The Morgan fingerprint density at radius 2 is 1.09 bits per heavy atom. The van der Waals surface area contributed by atoms with Crippen molar-refractivity contribution >= 4 is 34.8 Å². The molecule has 3 N–H and O–H groups in total. The molecule has 0 radical (unpaired) electrons. The molecule has 3 aromatic carbocycles. The van der Waals surface area contributed by atoms with E-state index in [-0.39, 0.29) is 30.9 Å². The van der Waals surface area contributed by atoms with Crippen LogP contribution >= 0.6 is 0 Å². The van der Waals surface area contributed by atoms with Crippen LogP contribution in [0.3, 0.4) is 0 Å². The van der Waals surface area contributed by atoms with E-state index in [9.17, 15) is 14.4 Å². The highest BCUT2D eigenvalue weighted by molar-refractivity contribution is 5.95. The van der Waals surface area contributed by atoms with Gasteiger partial charge < -0.3 is 30.2 Å². The molecule has 1 unspecified atom stereocenters. The van der Waals surface area contributed by atoms with E-state index < -0.39 is 6.10 Å². The van der Waals surface area contributed by atoms with Crippen molar-refractivity contribution in [3.05, 3.63) is 72.8 Å². The van der Waals surface area contributed by atoms with Gasteiger partial charge in [0.1, 0.15) is 17.2 Å². The molecule has 3 amide bonds. The molecule has 1 atom stereocenters. The van der Waals surface area contributed by atoms with Crippen molar-refractivity contribution in [2.75, 3.05) is 29.2 Å². The first kappa shape index (κ1) is 22.7. The molecule has 0 fully saturated rings. The molecule has 1 heterocycles. The number of carbonyl (C=O) groups excluding carboxylic acids is 3. The van der Waals surface area contributed by atoms with Crippen LogP contribution in [-0.4, -0.2) is 37.0 Å². The summed E-state index contributed by atoms with van der Waals surface area (Å²) in [5.41, 5.74) is 1.49. The van der Waals surface area contributed by atoms with Gasteiger partial charge in [-0.3, -0.25) is 14.4 Å². The second kappa shape index (κ2) is 10.4. The predicted molar refractivity (Wildman–Crippen MR) is 126 cm³/mol. The average molecular weight is 461 g/mol. The minimum absolute atomic E-state index is 0.236. The monoisotopic (exact) mass is 461 g/mol. The number of fused-ring (bicyclic) bond motifs is 6. The van der Waals surface area contributed by atoms with Crippen LogP contribution in [0.15, 0.2) is 72.8 Å². The van der Waals surface area contributed by atoms with E-state index in [2.05, 4.69) is 16.0 Å². The van der Waals surface area contributed by atoms with E-state index in [1.165, 1.54) is 0 Å². The van der Waals surface area contributed by atoms with E-state index in [0.29, 0.717) is 34.3 Å². The standard InChI is InChI=1S/C25H23N3O6/c1-16-25(31)28-19-7-3-9-21(12-19)33-14-23(29)26-17-5-2-8-20(11-17)32-15-24(30)27-18-6-4-10-22(13-18)34-16/h2-13,16H,14-15H2,1H3,(H,26,29)(H,27,30)(H,28,31). The summed E-state index contributed by atoms with van der Waals surface area (Å²) >= 11 is 0. The lowest BCUT2D eigenvalue weighted by Crippen LogP contribution is -2.30. The second-order valence-corrected chi connectivity index (χ2v) is 7.51. The molecule has 0 aliphatic carbocycles. The Morgan fingerprint density at radius 3 is 1.62 bits per heavy atom. The molecule has 3 aromatic rings. The number of amides is 3. The maximum atomic E-state index is 12.6. The normalized spacial score (nSPS) is 16.9. The van der Waals surface area contributed by atoms with Crippen LogP contribution in [0.2, 0.25) is 0 Å². The Bertz CT molecular complexity index is 1210. The Morgan fingerprint density at radius 1 is 0.647 bits per heavy atom. The van der Waals surface area contributed by atoms with Crippen LogP contribution in [-0.2, 0) is 14.4 Å². The zero-order valence-electron chi connectivity index (χ0n) is 18.4. The van der Waals surface area contributed by atoms with Gasteiger partial charge in [0.25, 0.3) is 17.7 Å². The number of nitrogens with one attached hydrogen (secondary N) is 3. The summed E-state index contributed by atoms with van der Waals surface area (Å²) in [6.45, 7) is 1.14. The molecule has 4 rings (SSSR count). The molecule has 6 bridgehead atoms. The first-order valence-electron chi connectivity index (χ1n) is 10.6. The number of ether oxygens (including phenoxy) is 3. The third kappa shape index (κ3) is 6.26. The Hall–Kier alpha value is -4.53. The summed E-state index contributed by atoms with van der Waals surface area (Å²) < 4.78 is 16.8. The fraction of sp³-hybridized carbons (Fsp3) is 0.160. The number of rotatable bonds is 0. The Kier molecular flexibility index (Phi) is 6.92. The molecule has 0 aromatic heterocycles. The van der Waals surface area contributed by atoms with Gasteiger partial charge in [-0.25, -0.2) is 0 Å². The molecular formula is C25H23N3O6. The van der Waals surface area contributed by atoms with E-state index in [1.54, 1.807) is 79.7 Å². The summed E-state index contributed by atoms with van der Waals surface area (Å²) in [5.74, 6) is 0.127. The van der Waals surface area contributed by atoms with Crippen LogP contribution in [0.25, 0.3) is 0 Å². The summed E-state index contributed by atoms with van der Waals surface area (Å²) in [6, 6.07) is 20.1. The molecule has 174 valence electrons. The largest absolute Gasteiger partial charge is 0.484 e. The zero-order chi connectivity index (χ0) is 23.9. The first-order valence-corrected chi connectivity index (χ1v) is 10.6. The predicted octanol–water partition coefficient (Wildman–Crippen LogP) is 3.44. The number of carbonyl (C=O) groups is 3. The number of hydrogen-bond acceptors (Lipinski definition) is 6. The lowest BCUT2D eigenvalue weighted by molar-refractivity contribution is -0.122. The molecule has 9 nitrogen and oxygen atoms in total. The quantitative estimate of drug-likeness (QED) is 0.473. The maximum absolute atomic E-state index is 12.6. The second-order valence-electron chi connectivity index (χ2n) is 7.51. The molecule has 0 saturated carbocycles. The van der Waals surface area contributed by atoms with Gasteiger partial charge in [0, 0.05) is 35.3 Å². The van der Waals surface area contributed by atoms with E-state index in [0.717, 1.165) is 0 Å². The van der Waals surface area contributed by atoms with Crippen LogP contribution in [0.4, 0.5) is 17.1 Å². The third-order valence-corrected chi connectivity index (χ3v) is 4.76. The van der Waals surface area contributed by atoms with E-state index >= 15 is 0 Å². The van der Waals surface area contributed by atoms with Crippen molar-refractivity contribution in [3.63, 3.8) is 0 Å². The Labute approximate surface area is 196 Å². The van der Waals surface area contributed by atoms with E-state index in [1.807, 2.05) is 0 Å². The average Bonchev–Trinajstić information content (AvgIpc) is 2.82. The van der Waals surface area contributed by atoms with Gasteiger partial charge in [-0.05, 0) is 43.3 Å². The van der Waals surface area contributed by atoms with Gasteiger partial charge >= 0.3 is 0 Å². The third-order valence-electron chi connectivity index (χ3n) is 4.76. The van der Waals surface area contributed by atoms with Crippen molar-refractivity contribution in [1.29, 1.82) is 0 Å². The lowest BCUT2D eigenvalue weighted by atomic mass is 10.2. The number of hydrogen-bond donors (Lipinski definition) is 3. The summed E-state index contributed by atoms with van der Waals surface area (Å²) in [4.78, 5) is 37.2. The summed E-state index contributed by atoms with van der Waals surface area (Å²) in [5, 5.41) is 8.21. The maximum Gasteiger partial charge on any atom is 0.265 e. The highest BCUT2D eigenvalue weighted by atomic mass is 16.5. The summed E-state index contributed by atoms with van der Waals surface area (Å²) in [6.07, 6.45) is -0.815. The van der Waals surface area contributed by atoms with Gasteiger partial charge in [0.05, 0.1) is 0 Å². The molecule has 1 aliphatic rings. The van der Waals surface area contributed by atoms with Crippen LogP contribution in [0, 0.1) is 0 Å². The van der Waals surface area contributed by atoms with Crippen molar-refractivity contribution in [1.82, 2.24) is 0 Å². The lowest BCUT2D eigenvalue weighted by Gasteiger charge is -2.16. The van der Waals surface area contributed by atoms with Crippen LogP contribution < -0.4 is 30.2 Å². The van der Waals surface area contributed by atoms with Crippen molar-refractivity contribution < 1.29 is 28.6 Å². The van der Waals surface area contributed by atoms with Gasteiger partial charge in [0.15, 0.2) is 19.3 Å². The molecule has 1 aliphatic heterocycles. The van der Waals surface area contributed by atoms with Gasteiger partial charge in [-0.1, -0.05) is 18.2 Å². The summed E-state index contributed by atoms with van der Waals surface area (Å²) in [7, 11) is 0. The van der Waals surface area contributed by atoms with Gasteiger partial charge in [0.2, 0.25) is 0 Å². The Balaban J connectivity index is 1.57. The SMILES string of the molecule is CC1Oc2cccc(c2)NC(=O)COc2cccc(c2)NC(=O)COc2cccc(c2)NC1=O. The number of anilines is 3. The fourth-order valence-corrected chi connectivity index (χ4v) is 3.17. The van der Waals surface area contributed by atoms with Crippen molar-refractivity contribution in [3.8, 4) is 17.2 Å². The smallest absolute Gasteiger partial charge is 0.265 e. The van der Waals surface area contributed by atoms with Crippen molar-refractivity contribution in [2.45, 2.75) is 13.0 Å². The zero-order valence-corrected chi connectivity index (χ0v) is 18.4. The molecule has 34 heavy (non-hydrogen) atoms. The number of benzene rings is 3. The highest BCUT2D eigenvalue weighted by Crippen LogP contribution is 2.22. The first-order chi connectivity index (χ1) is 16.4. The molecule has 9 heteroatoms. The highest BCUT2D eigenvalue weighted by Gasteiger charge is 2.16. The van der Waals surface area contributed by atoms with Crippen molar-refractivity contribution in [2.24, 2.45) is 0 Å². The van der Waals surface area contributed by atoms with Gasteiger partial charge in [-0.2, -0.15) is 0 Å². The minimum Gasteiger partial charge on any atom is -0.484 e. The molecule has 0 spiro atoms. The van der Waals surface area contributed by atoms with Crippen LogP contribution in [0.1, 0.15) is 6.92 Å². The topological polar surface area (TPSA) is 115 Å². The fourth-order valence-electron chi connectivity index (χ4n) is 3.17.